The molecule has 0 aliphatic carbocycles. The number of hydrogen-bond donors (Lipinski definition) is 1. The van der Waals surface area contributed by atoms with Crippen molar-refractivity contribution in [1.82, 2.24) is 5.48 Å². The third-order valence-electron chi connectivity index (χ3n) is 2.91. The Hall–Kier alpha value is -1.27. The number of allylic oxidation sites excluding steroid dienone is 3. The van der Waals surface area contributed by atoms with Gasteiger partial charge in [0.05, 0.1) is 17.9 Å². The number of alkyl halides is 1. The molecule has 1 atom stereocenters. The Bertz CT molecular complexity index is 468. The van der Waals surface area contributed by atoms with E-state index >= 15 is 0 Å². The number of nitrogens with one attached hydrogen (secondary N) is 1. The van der Waals surface area contributed by atoms with Crippen LogP contribution in [0.1, 0.15) is 34.1 Å². The summed E-state index contributed by atoms with van der Waals surface area (Å²) in [6.45, 7) is 8.33. The van der Waals surface area contributed by atoms with Crippen molar-refractivity contribution < 1.29 is 9.63 Å². The maximum atomic E-state index is 12.3. The van der Waals surface area contributed by atoms with Crippen LogP contribution in [-0.4, -0.2) is 36.8 Å². The van der Waals surface area contributed by atoms with Gasteiger partial charge in [0.25, 0.3) is 5.91 Å². The summed E-state index contributed by atoms with van der Waals surface area (Å²) in [6.07, 6.45) is 6.22. The Morgan fingerprint density at radius 1 is 1.45 bits per heavy atom. The lowest BCUT2D eigenvalue weighted by molar-refractivity contribution is -0.128. The summed E-state index contributed by atoms with van der Waals surface area (Å²) >= 11 is 3.24. The molecule has 0 radical (unpaired) electrons. The predicted molar refractivity (Wildman–Crippen MR) is 96.7 cm³/mol. The van der Waals surface area contributed by atoms with Crippen LogP contribution >= 0.6 is 15.9 Å². The first kappa shape index (κ1) is 20.7. The van der Waals surface area contributed by atoms with Crippen LogP contribution in [0.5, 0.6) is 0 Å². The maximum absolute atomic E-state index is 12.3. The number of amides is 1. The molecule has 5 nitrogen and oxygen atoms in total. The zero-order valence-electron chi connectivity index (χ0n) is 14.0. The van der Waals surface area contributed by atoms with Crippen LogP contribution in [0.25, 0.3) is 0 Å². The Kier molecular flexibility index (Phi) is 11.6. The second-order valence-corrected chi connectivity index (χ2v) is 5.51. The van der Waals surface area contributed by atoms with Crippen LogP contribution in [0.4, 0.5) is 0 Å². The summed E-state index contributed by atoms with van der Waals surface area (Å²) < 4.78 is 0. The minimum atomic E-state index is -0.334. The van der Waals surface area contributed by atoms with Crippen LogP contribution in [0, 0.1) is 5.92 Å². The molecule has 0 rings (SSSR count). The first-order valence-electron chi connectivity index (χ1n) is 7.34. The number of rotatable bonds is 9. The normalized spacial score (nSPS) is 15.3. The van der Waals surface area contributed by atoms with Crippen molar-refractivity contribution in [1.29, 1.82) is 0 Å². The number of aliphatic imine (C=N–C) groups is 2. The van der Waals surface area contributed by atoms with Gasteiger partial charge in [-0.25, -0.2) is 5.48 Å². The van der Waals surface area contributed by atoms with E-state index in [1.54, 1.807) is 7.05 Å². The molecule has 0 saturated carbocycles. The van der Waals surface area contributed by atoms with E-state index in [0.717, 1.165) is 12.1 Å². The number of halogens is 1. The van der Waals surface area contributed by atoms with E-state index in [1.807, 2.05) is 32.9 Å². The minimum absolute atomic E-state index is 0.134. The zero-order valence-corrected chi connectivity index (χ0v) is 15.6. The van der Waals surface area contributed by atoms with Crippen molar-refractivity contribution in [3.05, 3.63) is 23.4 Å². The summed E-state index contributed by atoms with van der Waals surface area (Å²) in [5, 5.41) is 0.644. The van der Waals surface area contributed by atoms with E-state index in [4.69, 9.17) is 4.84 Å². The molecule has 1 amide bonds. The Balaban J connectivity index is 5.70. The van der Waals surface area contributed by atoms with E-state index in [-0.39, 0.29) is 11.8 Å². The molecule has 1 unspecified atom stereocenters. The average Bonchev–Trinajstić information content (AvgIpc) is 2.50. The second-order valence-electron chi connectivity index (χ2n) is 4.72. The van der Waals surface area contributed by atoms with Crippen molar-refractivity contribution in [2.24, 2.45) is 15.9 Å². The number of hydroxylamine groups is 1. The molecule has 0 saturated heterocycles. The van der Waals surface area contributed by atoms with Gasteiger partial charge in [-0.15, -0.1) is 0 Å². The Morgan fingerprint density at radius 3 is 2.64 bits per heavy atom. The van der Waals surface area contributed by atoms with Crippen LogP contribution < -0.4 is 5.48 Å². The van der Waals surface area contributed by atoms with Gasteiger partial charge in [-0.05, 0) is 32.3 Å². The van der Waals surface area contributed by atoms with Gasteiger partial charge in [0.2, 0.25) is 0 Å². The molecule has 0 bridgehead atoms. The van der Waals surface area contributed by atoms with Crippen LogP contribution in [-0.2, 0) is 9.63 Å². The summed E-state index contributed by atoms with van der Waals surface area (Å²) in [4.78, 5) is 26.0. The van der Waals surface area contributed by atoms with E-state index in [1.165, 1.54) is 6.21 Å². The maximum Gasteiger partial charge on any atom is 0.278 e. The monoisotopic (exact) mass is 371 g/mol. The largest absolute Gasteiger partial charge is 0.296 e. The van der Waals surface area contributed by atoms with Gasteiger partial charge in [-0.1, -0.05) is 35.9 Å². The first-order valence-corrected chi connectivity index (χ1v) is 8.46. The summed E-state index contributed by atoms with van der Waals surface area (Å²) in [5.74, 6) is -0.200. The molecule has 0 aliphatic heterocycles. The number of nitrogens with zero attached hydrogens (tertiary/aromatic N) is 2. The van der Waals surface area contributed by atoms with E-state index in [0.29, 0.717) is 23.2 Å². The highest BCUT2D eigenvalue weighted by Crippen LogP contribution is 2.20. The lowest BCUT2D eigenvalue weighted by atomic mass is 10.00. The molecule has 0 heterocycles. The molecular formula is C16H26BrN3O2. The van der Waals surface area contributed by atoms with Crippen LogP contribution in [0.2, 0.25) is 0 Å². The van der Waals surface area contributed by atoms with E-state index < -0.39 is 0 Å². The molecule has 124 valence electrons. The fraction of sp³-hybridized carbons (Fsp3) is 0.562. The van der Waals surface area contributed by atoms with Crippen LogP contribution in [0.15, 0.2) is 33.4 Å². The van der Waals surface area contributed by atoms with Gasteiger partial charge in [-0.3, -0.25) is 19.6 Å². The standard InChI is InChI=1S/C16H26BrN3O2/c1-6-8-13(4)19-15(12(3)7-2)14(11-18-5)16(21)20-22-10-9-17/h6,8,11-12H,7,9-10H2,1-5H3,(H,20,21)/b8-6-,15-14-,18-11?,19-13+. The second kappa shape index (κ2) is 12.3. The highest BCUT2D eigenvalue weighted by Gasteiger charge is 2.18. The number of carbonyl (C=O) groups excluding carboxylic acids is 1. The highest BCUT2D eigenvalue weighted by molar-refractivity contribution is 9.09. The lowest BCUT2D eigenvalue weighted by Crippen LogP contribution is -2.28. The third-order valence-corrected chi connectivity index (χ3v) is 3.23. The molecule has 22 heavy (non-hydrogen) atoms. The quantitative estimate of drug-likeness (QED) is 0.221. The Labute approximate surface area is 141 Å². The molecule has 0 aromatic heterocycles. The molecule has 0 spiro atoms. The van der Waals surface area contributed by atoms with Gasteiger partial charge >= 0.3 is 0 Å². The molecule has 1 N–H and O–H groups in total. The first-order chi connectivity index (χ1) is 10.5. The van der Waals surface area contributed by atoms with Gasteiger partial charge < -0.3 is 0 Å². The fourth-order valence-corrected chi connectivity index (χ4v) is 1.84. The lowest BCUT2D eigenvalue weighted by Gasteiger charge is -2.14. The molecule has 6 heteroatoms. The summed E-state index contributed by atoms with van der Waals surface area (Å²) in [5.41, 5.74) is 4.41. The average molecular weight is 372 g/mol. The SMILES string of the molecule is C\C=C/C(C)=N/C(=C(/C=NC)C(=O)NOCCBr)C(C)CC. The molecule has 0 aromatic rings. The van der Waals surface area contributed by atoms with Crippen LogP contribution in [0.3, 0.4) is 0 Å². The highest BCUT2D eigenvalue weighted by atomic mass is 79.9. The Morgan fingerprint density at radius 2 is 2.14 bits per heavy atom. The van der Waals surface area contributed by atoms with E-state index in [2.05, 4.69) is 38.3 Å². The van der Waals surface area contributed by atoms with Crippen molar-refractivity contribution in [3.63, 3.8) is 0 Å². The molecule has 0 fully saturated rings. The molecule has 0 aliphatic rings. The van der Waals surface area contributed by atoms with Gasteiger partial charge in [0, 0.05) is 24.3 Å². The molecular weight excluding hydrogens is 346 g/mol. The van der Waals surface area contributed by atoms with Gasteiger partial charge in [-0.2, -0.15) is 0 Å². The number of carbonyl (C=O) groups is 1. The predicted octanol–water partition coefficient (Wildman–Crippen LogP) is 3.47. The van der Waals surface area contributed by atoms with Crippen molar-refractivity contribution in [3.8, 4) is 0 Å². The van der Waals surface area contributed by atoms with Crippen molar-refractivity contribution >= 4 is 33.8 Å². The van der Waals surface area contributed by atoms with Gasteiger partial charge in [0.15, 0.2) is 0 Å². The summed E-state index contributed by atoms with van der Waals surface area (Å²) in [6, 6.07) is 0. The van der Waals surface area contributed by atoms with Gasteiger partial charge in [0.1, 0.15) is 0 Å². The third kappa shape index (κ3) is 7.66. The smallest absolute Gasteiger partial charge is 0.278 e. The van der Waals surface area contributed by atoms with Crippen molar-refractivity contribution in [2.75, 3.05) is 19.0 Å². The van der Waals surface area contributed by atoms with E-state index in [9.17, 15) is 4.79 Å². The topological polar surface area (TPSA) is 63.0 Å². The number of hydrogen-bond acceptors (Lipinski definition) is 4. The van der Waals surface area contributed by atoms with Crippen molar-refractivity contribution in [2.45, 2.75) is 34.1 Å². The minimum Gasteiger partial charge on any atom is -0.296 e. The summed E-state index contributed by atoms with van der Waals surface area (Å²) in [7, 11) is 1.63. The molecule has 0 aromatic carbocycles. The zero-order chi connectivity index (χ0) is 17.0. The fourth-order valence-electron chi connectivity index (χ4n) is 1.68.